The van der Waals surface area contributed by atoms with E-state index >= 15 is 0 Å². The highest BCUT2D eigenvalue weighted by Crippen LogP contribution is 2.38. The van der Waals surface area contributed by atoms with Gasteiger partial charge in [-0.15, -0.1) is 0 Å². The second-order valence-corrected chi connectivity index (χ2v) is 6.25. The van der Waals surface area contributed by atoms with Crippen LogP contribution in [0.3, 0.4) is 0 Å². The molecule has 0 bridgehead atoms. The molecule has 0 spiro atoms. The first kappa shape index (κ1) is 14.6. The van der Waals surface area contributed by atoms with Gasteiger partial charge in [0.15, 0.2) is 0 Å². The van der Waals surface area contributed by atoms with Gasteiger partial charge in [0.2, 0.25) is 0 Å². The summed E-state index contributed by atoms with van der Waals surface area (Å²) in [6.45, 7) is 5.47. The van der Waals surface area contributed by atoms with Gasteiger partial charge in [0.05, 0.1) is 0 Å². The van der Waals surface area contributed by atoms with Gasteiger partial charge in [-0.25, -0.2) is 0 Å². The van der Waals surface area contributed by atoms with E-state index in [9.17, 15) is 0 Å². The van der Waals surface area contributed by atoms with Gasteiger partial charge in [0, 0.05) is 0 Å². The van der Waals surface area contributed by atoms with Crippen molar-refractivity contribution in [1.29, 1.82) is 0 Å². The highest BCUT2D eigenvalue weighted by molar-refractivity contribution is 5.29. The van der Waals surface area contributed by atoms with Gasteiger partial charge in [0.25, 0.3) is 0 Å². The molecule has 1 heteroatoms. The van der Waals surface area contributed by atoms with E-state index in [0.29, 0.717) is 17.8 Å². The average Bonchev–Trinajstić information content (AvgIpc) is 2.47. The van der Waals surface area contributed by atoms with Gasteiger partial charge in [-0.05, 0) is 54.7 Å². The topological polar surface area (TPSA) is 26.0 Å². The van der Waals surface area contributed by atoms with Crippen LogP contribution in [-0.2, 0) is 0 Å². The van der Waals surface area contributed by atoms with E-state index in [4.69, 9.17) is 5.73 Å². The van der Waals surface area contributed by atoms with Crippen LogP contribution in [0.2, 0.25) is 0 Å². The largest absolute Gasteiger partial charge is 0.330 e. The Morgan fingerprint density at radius 2 is 2.05 bits per heavy atom. The Morgan fingerprint density at radius 3 is 2.79 bits per heavy atom. The van der Waals surface area contributed by atoms with E-state index in [1.165, 1.54) is 49.7 Å². The monoisotopic (exact) mass is 259 g/mol. The van der Waals surface area contributed by atoms with Crippen molar-refractivity contribution in [2.24, 2.45) is 11.7 Å². The molecule has 0 amide bonds. The van der Waals surface area contributed by atoms with Gasteiger partial charge in [-0.3, -0.25) is 0 Å². The summed E-state index contributed by atoms with van der Waals surface area (Å²) in [4.78, 5) is 0. The molecule has 0 saturated heterocycles. The van der Waals surface area contributed by atoms with E-state index < -0.39 is 0 Å². The molecule has 2 rings (SSSR count). The van der Waals surface area contributed by atoms with Crippen LogP contribution < -0.4 is 5.73 Å². The van der Waals surface area contributed by atoms with Crippen LogP contribution in [-0.4, -0.2) is 6.54 Å². The van der Waals surface area contributed by atoms with Crippen molar-refractivity contribution in [3.05, 3.63) is 35.4 Å². The summed E-state index contributed by atoms with van der Waals surface area (Å²) in [7, 11) is 0. The smallest absolute Gasteiger partial charge is 0.00430 e. The fourth-order valence-corrected chi connectivity index (χ4v) is 3.62. The molecule has 106 valence electrons. The van der Waals surface area contributed by atoms with Crippen molar-refractivity contribution in [3.8, 4) is 0 Å². The first-order chi connectivity index (χ1) is 9.26. The van der Waals surface area contributed by atoms with Gasteiger partial charge in [-0.2, -0.15) is 0 Å². The molecule has 1 fully saturated rings. The summed E-state index contributed by atoms with van der Waals surface area (Å²) in [5.74, 6) is 2.09. The quantitative estimate of drug-likeness (QED) is 0.806. The summed E-state index contributed by atoms with van der Waals surface area (Å²) in [6, 6.07) is 9.32. The molecule has 1 aliphatic carbocycles. The lowest BCUT2D eigenvalue weighted by Crippen LogP contribution is -2.25. The van der Waals surface area contributed by atoms with Crippen molar-refractivity contribution < 1.29 is 0 Å². The predicted molar refractivity (Wildman–Crippen MR) is 83.5 cm³/mol. The summed E-state index contributed by atoms with van der Waals surface area (Å²) < 4.78 is 0. The average molecular weight is 259 g/mol. The Bertz CT molecular complexity index is 385. The highest BCUT2D eigenvalue weighted by atomic mass is 14.6. The minimum absolute atomic E-state index is 0.685. The number of hydrogen-bond acceptors (Lipinski definition) is 1. The summed E-state index contributed by atoms with van der Waals surface area (Å²) >= 11 is 0. The molecule has 1 unspecified atom stereocenters. The Labute approximate surface area is 118 Å². The number of hydrogen-bond donors (Lipinski definition) is 1. The van der Waals surface area contributed by atoms with E-state index in [1.807, 2.05) is 0 Å². The molecule has 1 aliphatic rings. The summed E-state index contributed by atoms with van der Waals surface area (Å²) in [5.41, 5.74) is 9.03. The molecule has 1 saturated carbocycles. The molecule has 0 aliphatic heterocycles. The Balaban J connectivity index is 2.17. The minimum Gasteiger partial charge on any atom is -0.330 e. The SMILES string of the molecule is CCC[C@H](C)c1cccc([C@H]2CCCCC2CN)c1. The predicted octanol–water partition coefficient (Wildman–Crippen LogP) is 4.82. The Morgan fingerprint density at radius 1 is 1.26 bits per heavy atom. The molecular weight excluding hydrogens is 230 g/mol. The van der Waals surface area contributed by atoms with E-state index in [0.717, 1.165) is 6.54 Å². The van der Waals surface area contributed by atoms with Crippen LogP contribution in [0.25, 0.3) is 0 Å². The number of benzene rings is 1. The van der Waals surface area contributed by atoms with Gasteiger partial charge >= 0.3 is 0 Å². The normalized spacial score (nSPS) is 25.2. The van der Waals surface area contributed by atoms with E-state index in [-0.39, 0.29) is 0 Å². The maximum atomic E-state index is 5.98. The molecule has 19 heavy (non-hydrogen) atoms. The third-order valence-electron chi connectivity index (χ3n) is 4.84. The third kappa shape index (κ3) is 3.60. The lowest BCUT2D eigenvalue weighted by molar-refractivity contribution is 0.314. The minimum atomic E-state index is 0.685. The Hall–Kier alpha value is -0.820. The van der Waals surface area contributed by atoms with E-state index in [1.54, 1.807) is 0 Å². The number of nitrogens with two attached hydrogens (primary N) is 1. The van der Waals surface area contributed by atoms with Crippen LogP contribution in [0.4, 0.5) is 0 Å². The summed E-state index contributed by atoms with van der Waals surface area (Å²) in [5, 5.41) is 0. The fourth-order valence-electron chi connectivity index (χ4n) is 3.62. The van der Waals surface area contributed by atoms with Crippen LogP contribution in [0.5, 0.6) is 0 Å². The molecule has 0 radical (unpaired) electrons. The lowest BCUT2D eigenvalue weighted by Gasteiger charge is -2.31. The fraction of sp³-hybridized carbons (Fsp3) is 0.667. The van der Waals surface area contributed by atoms with Crippen molar-refractivity contribution in [2.45, 2.75) is 64.2 Å². The molecule has 1 nitrogen and oxygen atoms in total. The first-order valence-electron chi connectivity index (χ1n) is 8.06. The standard InChI is InChI=1S/C18H29N/c1-3-7-14(2)15-9-6-10-16(12-15)18-11-5-4-8-17(18)13-19/h6,9-10,12,14,17-18H,3-5,7-8,11,13,19H2,1-2H3/t14-,17?,18+/m0/s1. The van der Waals surface area contributed by atoms with Crippen molar-refractivity contribution in [2.75, 3.05) is 6.54 Å². The second kappa shape index (κ2) is 7.09. The van der Waals surface area contributed by atoms with Crippen LogP contribution in [0, 0.1) is 5.92 Å². The highest BCUT2D eigenvalue weighted by Gasteiger charge is 2.25. The maximum absolute atomic E-state index is 5.98. The molecule has 0 aromatic heterocycles. The van der Waals surface area contributed by atoms with Gasteiger partial charge in [0.1, 0.15) is 0 Å². The van der Waals surface area contributed by atoms with Gasteiger partial charge < -0.3 is 5.73 Å². The van der Waals surface area contributed by atoms with Crippen molar-refractivity contribution >= 4 is 0 Å². The third-order valence-corrected chi connectivity index (χ3v) is 4.84. The zero-order valence-electron chi connectivity index (χ0n) is 12.6. The first-order valence-corrected chi connectivity index (χ1v) is 8.06. The van der Waals surface area contributed by atoms with Gasteiger partial charge in [-0.1, -0.05) is 57.4 Å². The molecular formula is C18H29N. The number of rotatable bonds is 5. The molecule has 3 atom stereocenters. The lowest BCUT2D eigenvalue weighted by atomic mass is 9.75. The van der Waals surface area contributed by atoms with Crippen molar-refractivity contribution in [3.63, 3.8) is 0 Å². The van der Waals surface area contributed by atoms with Crippen LogP contribution in [0.1, 0.15) is 75.3 Å². The second-order valence-electron chi connectivity index (χ2n) is 6.25. The van der Waals surface area contributed by atoms with Crippen molar-refractivity contribution in [1.82, 2.24) is 0 Å². The van der Waals surface area contributed by atoms with Crippen LogP contribution in [0.15, 0.2) is 24.3 Å². The van der Waals surface area contributed by atoms with Crippen LogP contribution >= 0.6 is 0 Å². The molecule has 2 N–H and O–H groups in total. The molecule has 1 aromatic carbocycles. The van der Waals surface area contributed by atoms with E-state index in [2.05, 4.69) is 38.1 Å². The maximum Gasteiger partial charge on any atom is -0.00430 e. The Kier molecular flexibility index (Phi) is 5.45. The summed E-state index contributed by atoms with van der Waals surface area (Å²) in [6.07, 6.45) is 7.93. The zero-order chi connectivity index (χ0) is 13.7. The molecule has 1 aromatic rings. The zero-order valence-corrected chi connectivity index (χ0v) is 12.6. The molecule has 0 heterocycles.